The van der Waals surface area contributed by atoms with Crippen molar-refractivity contribution in [3.05, 3.63) is 64.5 Å². The highest BCUT2D eigenvalue weighted by Crippen LogP contribution is 2.34. The van der Waals surface area contributed by atoms with E-state index in [1.165, 1.54) is 11.1 Å². The lowest BCUT2D eigenvalue weighted by Gasteiger charge is -2.19. The summed E-state index contributed by atoms with van der Waals surface area (Å²) < 4.78 is 5.53. The molecule has 1 saturated heterocycles. The molecule has 1 unspecified atom stereocenters. The van der Waals surface area contributed by atoms with Gasteiger partial charge in [0, 0.05) is 24.2 Å². The van der Waals surface area contributed by atoms with E-state index in [0.717, 1.165) is 22.4 Å². The Bertz CT molecular complexity index is 1020. The molecular formula is C22H23N3O2. The van der Waals surface area contributed by atoms with Gasteiger partial charge < -0.3 is 9.42 Å². The maximum Gasteiger partial charge on any atom is 0.232 e. The molecular weight excluding hydrogens is 338 g/mol. The van der Waals surface area contributed by atoms with E-state index >= 15 is 0 Å². The van der Waals surface area contributed by atoms with Gasteiger partial charge in [0.2, 0.25) is 17.6 Å². The number of hydrogen-bond donors (Lipinski definition) is 0. The van der Waals surface area contributed by atoms with Crippen molar-refractivity contribution >= 4 is 11.6 Å². The topological polar surface area (TPSA) is 59.2 Å². The van der Waals surface area contributed by atoms with Gasteiger partial charge in [-0.15, -0.1) is 0 Å². The Balaban J connectivity index is 1.59. The molecule has 0 aliphatic carbocycles. The third-order valence-corrected chi connectivity index (χ3v) is 5.18. The molecule has 0 spiro atoms. The average molecular weight is 361 g/mol. The van der Waals surface area contributed by atoms with E-state index in [-0.39, 0.29) is 11.8 Å². The zero-order chi connectivity index (χ0) is 19.1. The Morgan fingerprint density at radius 3 is 2.41 bits per heavy atom. The number of nitrogens with zero attached hydrogens (tertiary/aromatic N) is 3. The number of rotatable bonds is 3. The molecule has 0 radical (unpaired) electrons. The van der Waals surface area contributed by atoms with Crippen LogP contribution in [0.3, 0.4) is 0 Å². The first-order valence-electron chi connectivity index (χ1n) is 9.21. The second kappa shape index (κ2) is 6.65. The van der Waals surface area contributed by atoms with Gasteiger partial charge in [0.25, 0.3) is 0 Å². The third-order valence-electron chi connectivity index (χ3n) is 5.18. The van der Waals surface area contributed by atoms with E-state index in [2.05, 4.69) is 36.1 Å². The van der Waals surface area contributed by atoms with Gasteiger partial charge in [0.1, 0.15) is 0 Å². The SMILES string of the molecule is Cc1ccc(-c2noc(C3CC(=O)N(c4ccc(C)cc4C)C3)n2)c(C)c1. The van der Waals surface area contributed by atoms with Gasteiger partial charge in [-0.05, 0) is 44.9 Å². The number of benzene rings is 2. The molecule has 2 heterocycles. The first-order valence-corrected chi connectivity index (χ1v) is 9.21. The average Bonchev–Trinajstić information content (AvgIpc) is 3.22. The van der Waals surface area contributed by atoms with Crippen molar-refractivity contribution in [3.63, 3.8) is 0 Å². The largest absolute Gasteiger partial charge is 0.339 e. The number of aromatic nitrogens is 2. The zero-order valence-corrected chi connectivity index (χ0v) is 16.1. The number of carbonyl (C=O) groups is 1. The normalized spacial score (nSPS) is 17.0. The van der Waals surface area contributed by atoms with Crippen molar-refractivity contribution in [2.75, 3.05) is 11.4 Å². The Morgan fingerprint density at radius 2 is 1.70 bits per heavy atom. The van der Waals surface area contributed by atoms with Crippen molar-refractivity contribution in [1.82, 2.24) is 10.1 Å². The van der Waals surface area contributed by atoms with E-state index in [1.807, 2.05) is 43.0 Å². The second-order valence-electron chi connectivity index (χ2n) is 7.47. The minimum Gasteiger partial charge on any atom is -0.339 e. The quantitative estimate of drug-likeness (QED) is 0.690. The van der Waals surface area contributed by atoms with E-state index < -0.39 is 0 Å². The van der Waals surface area contributed by atoms with Crippen LogP contribution in [0.25, 0.3) is 11.4 Å². The summed E-state index contributed by atoms with van der Waals surface area (Å²) in [4.78, 5) is 19.0. The first-order chi connectivity index (χ1) is 12.9. The van der Waals surface area contributed by atoms with Crippen LogP contribution in [0.15, 0.2) is 40.9 Å². The number of aryl methyl sites for hydroxylation is 4. The minimum absolute atomic E-state index is 0.0785. The fraction of sp³-hybridized carbons (Fsp3) is 0.318. The van der Waals surface area contributed by atoms with Gasteiger partial charge in [-0.1, -0.05) is 46.6 Å². The van der Waals surface area contributed by atoms with Crippen molar-refractivity contribution < 1.29 is 9.32 Å². The van der Waals surface area contributed by atoms with Crippen LogP contribution in [0, 0.1) is 27.7 Å². The highest BCUT2D eigenvalue weighted by Gasteiger charge is 2.35. The first kappa shape index (κ1) is 17.5. The monoisotopic (exact) mass is 361 g/mol. The van der Waals surface area contributed by atoms with Crippen molar-refractivity contribution in [1.29, 1.82) is 0 Å². The Morgan fingerprint density at radius 1 is 1.00 bits per heavy atom. The maximum absolute atomic E-state index is 12.6. The Kier molecular flexibility index (Phi) is 4.30. The van der Waals surface area contributed by atoms with Crippen LogP contribution in [-0.2, 0) is 4.79 Å². The number of amides is 1. The molecule has 1 amide bonds. The van der Waals surface area contributed by atoms with Gasteiger partial charge in [-0.25, -0.2) is 0 Å². The molecule has 138 valence electrons. The molecule has 2 aromatic carbocycles. The Labute approximate surface area is 159 Å². The minimum atomic E-state index is -0.0785. The summed E-state index contributed by atoms with van der Waals surface area (Å²) in [5.74, 6) is 1.13. The fourth-order valence-corrected chi connectivity index (χ4v) is 3.79. The van der Waals surface area contributed by atoms with Gasteiger partial charge in [0.15, 0.2) is 0 Å². The van der Waals surface area contributed by atoms with Crippen LogP contribution in [0.1, 0.15) is 40.5 Å². The summed E-state index contributed by atoms with van der Waals surface area (Å²) in [6, 6.07) is 12.3. The summed E-state index contributed by atoms with van der Waals surface area (Å²) in [6.45, 7) is 8.76. The second-order valence-corrected chi connectivity index (χ2v) is 7.47. The number of hydrogen-bond acceptors (Lipinski definition) is 4. The highest BCUT2D eigenvalue weighted by atomic mass is 16.5. The molecule has 1 fully saturated rings. The van der Waals surface area contributed by atoms with Crippen LogP contribution < -0.4 is 4.90 Å². The Hall–Kier alpha value is -2.95. The van der Waals surface area contributed by atoms with Crippen molar-refractivity contribution in [2.45, 2.75) is 40.0 Å². The zero-order valence-electron chi connectivity index (χ0n) is 16.1. The third kappa shape index (κ3) is 3.25. The summed E-state index contributed by atoms with van der Waals surface area (Å²) in [7, 11) is 0. The van der Waals surface area contributed by atoms with E-state index in [1.54, 1.807) is 0 Å². The fourth-order valence-electron chi connectivity index (χ4n) is 3.79. The van der Waals surface area contributed by atoms with E-state index in [9.17, 15) is 4.79 Å². The highest BCUT2D eigenvalue weighted by molar-refractivity contribution is 5.97. The van der Waals surface area contributed by atoms with Gasteiger partial charge >= 0.3 is 0 Å². The lowest BCUT2D eigenvalue weighted by Crippen LogP contribution is -2.25. The molecule has 0 saturated carbocycles. The summed E-state index contributed by atoms with van der Waals surface area (Å²) in [6.07, 6.45) is 0.391. The smallest absolute Gasteiger partial charge is 0.232 e. The van der Waals surface area contributed by atoms with Gasteiger partial charge in [-0.3, -0.25) is 4.79 Å². The molecule has 1 aliphatic heterocycles. The van der Waals surface area contributed by atoms with Crippen LogP contribution >= 0.6 is 0 Å². The van der Waals surface area contributed by atoms with E-state index in [4.69, 9.17) is 4.52 Å². The molecule has 1 aromatic heterocycles. The van der Waals surface area contributed by atoms with Crippen molar-refractivity contribution in [2.24, 2.45) is 0 Å². The maximum atomic E-state index is 12.6. The predicted molar refractivity (Wildman–Crippen MR) is 105 cm³/mol. The van der Waals surface area contributed by atoms with Crippen molar-refractivity contribution in [3.8, 4) is 11.4 Å². The standard InChI is InChI=1S/C22H23N3O2/c1-13-5-7-18(15(3)9-13)21-23-22(27-24-21)17-11-20(26)25(12-17)19-8-6-14(2)10-16(19)4/h5-10,17H,11-12H2,1-4H3. The molecule has 5 heteroatoms. The molecule has 4 rings (SSSR count). The summed E-state index contributed by atoms with van der Waals surface area (Å²) in [5.41, 5.74) is 6.53. The van der Waals surface area contributed by atoms with Crippen LogP contribution in [0.4, 0.5) is 5.69 Å². The van der Waals surface area contributed by atoms with Gasteiger partial charge in [0.05, 0.1) is 5.92 Å². The van der Waals surface area contributed by atoms with E-state index in [0.29, 0.717) is 24.7 Å². The molecule has 3 aromatic rings. The van der Waals surface area contributed by atoms with Gasteiger partial charge in [-0.2, -0.15) is 4.98 Å². The molecule has 1 aliphatic rings. The summed E-state index contributed by atoms with van der Waals surface area (Å²) >= 11 is 0. The molecule has 0 bridgehead atoms. The number of anilines is 1. The lowest BCUT2D eigenvalue weighted by atomic mass is 10.1. The van der Waals surface area contributed by atoms with Crippen LogP contribution in [0.2, 0.25) is 0 Å². The lowest BCUT2D eigenvalue weighted by molar-refractivity contribution is -0.117. The molecule has 5 nitrogen and oxygen atoms in total. The molecule has 27 heavy (non-hydrogen) atoms. The summed E-state index contributed by atoms with van der Waals surface area (Å²) in [5, 5.41) is 4.16. The van der Waals surface area contributed by atoms with Crippen LogP contribution in [-0.4, -0.2) is 22.6 Å². The molecule has 0 N–H and O–H groups in total. The van der Waals surface area contributed by atoms with Crippen LogP contribution in [0.5, 0.6) is 0 Å². The molecule has 1 atom stereocenters. The number of carbonyl (C=O) groups excluding carboxylic acids is 1. The predicted octanol–water partition coefficient (Wildman–Crippen LogP) is 4.49.